The minimum absolute atomic E-state index is 0.231. The fourth-order valence-electron chi connectivity index (χ4n) is 3.57. The third-order valence-corrected chi connectivity index (χ3v) is 6.63. The topological polar surface area (TPSA) is 66.4 Å². The third-order valence-electron chi connectivity index (χ3n) is 4.65. The third kappa shape index (κ3) is 2.77. The first-order chi connectivity index (χ1) is 11.8. The lowest BCUT2D eigenvalue weighted by molar-refractivity contribution is 0.0874. The Balaban J connectivity index is 1.58. The van der Waals surface area contributed by atoms with Crippen molar-refractivity contribution in [1.82, 2.24) is 14.3 Å². The van der Waals surface area contributed by atoms with E-state index >= 15 is 0 Å². The van der Waals surface area contributed by atoms with Crippen LogP contribution in [-0.4, -0.2) is 47.9 Å². The monoisotopic (exact) mass is 366 g/mol. The lowest BCUT2D eigenvalue weighted by atomic mass is 9.91. The van der Waals surface area contributed by atoms with Crippen LogP contribution >= 0.6 is 0 Å². The Morgan fingerprint density at radius 3 is 2.28 bits per heavy atom. The van der Waals surface area contributed by atoms with Crippen molar-refractivity contribution in [3.63, 3.8) is 0 Å². The number of hydrogen-bond donors (Lipinski definition) is 0. The normalized spacial score (nSPS) is 23.4. The second-order valence-corrected chi connectivity index (χ2v) is 8.25. The zero-order valence-electron chi connectivity index (χ0n) is 13.4. The van der Waals surface area contributed by atoms with E-state index in [2.05, 4.69) is 9.97 Å². The van der Waals surface area contributed by atoms with E-state index in [1.54, 1.807) is 0 Å². The zero-order chi connectivity index (χ0) is 17.8. The molecule has 0 N–H and O–H groups in total. The Kier molecular flexibility index (Phi) is 3.73. The van der Waals surface area contributed by atoms with Gasteiger partial charge in [0, 0.05) is 43.0 Å². The van der Waals surface area contributed by atoms with E-state index in [9.17, 15) is 17.2 Å². The summed E-state index contributed by atoms with van der Waals surface area (Å²) in [6.07, 6.45) is 2.21. The molecule has 0 amide bonds. The summed E-state index contributed by atoms with van der Waals surface area (Å²) in [6, 6.07) is 3.77. The molecule has 0 aliphatic carbocycles. The van der Waals surface area contributed by atoms with Gasteiger partial charge in [-0.05, 0) is 25.5 Å². The maximum Gasteiger partial charge on any atom is 0.243 e. The molecule has 1 aromatic heterocycles. The Hall–Kier alpha value is -2.13. The highest BCUT2D eigenvalue weighted by Gasteiger charge is 2.51. The van der Waals surface area contributed by atoms with E-state index in [1.165, 1.54) is 10.6 Å². The van der Waals surface area contributed by atoms with Gasteiger partial charge in [-0.25, -0.2) is 27.2 Å². The summed E-state index contributed by atoms with van der Waals surface area (Å²) in [4.78, 5) is 9.97. The smallest absolute Gasteiger partial charge is 0.243 e. The summed E-state index contributed by atoms with van der Waals surface area (Å²) < 4.78 is 53.7. The number of rotatable bonds is 3. The summed E-state index contributed by atoms with van der Waals surface area (Å²) in [7, 11) is -3.93. The highest BCUT2D eigenvalue weighted by Crippen LogP contribution is 2.38. The molecule has 25 heavy (non-hydrogen) atoms. The molecule has 4 heterocycles. The van der Waals surface area contributed by atoms with E-state index in [1.807, 2.05) is 17.9 Å². The van der Waals surface area contributed by atoms with Crippen molar-refractivity contribution in [3.8, 4) is 0 Å². The van der Waals surface area contributed by atoms with Crippen LogP contribution in [0, 0.1) is 18.6 Å². The number of sulfonamides is 1. The second kappa shape index (κ2) is 5.70. The number of halogens is 2. The van der Waals surface area contributed by atoms with E-state index in [0.29, 0.717) is 19.2 Å². The maximum absolute atomic E-state index is 13.4. The van der Waals surface area contributed by atoms with Crippen molar-refractivity contribution in [2.45, 2.75) is 30.3 Å². The van der Waals surface area contributed by atoms with Crippen LogP contribution in [0.3, 0.4) is 0 Å². The lowest BCUT2D eigenvalue weighted by Crippen LogP contribution is -2.70. The number of fused-ring (bicyclic) bond motifs is 2. The van der Waals surface area contributed by atoms with Crippen molar-refractivity contribution in [3.05, 3.63) is 47.9 Å². The number of aromatic nitrogens is 2. The molecular weight excluding hydrogens is 350 g/mol. The van der Waals surface area contributed by atoms with Crippen molar-refractivity contribution in [2.24, 2.45) is 0 Å². The number of benzene rings is 1. The summed E-state index contributed by atoms with van der Waals surface area (Å²) in [6.45, 7) is 2.85. The van der Waals surface area contributed by atoms with Crippen LogP contribution in [0.25, 0.3) is 0 Å². The highest BCUT2D eigenvalue weighted by molar-refractivity contribution is 7.89. The highest BCUT2D eigenvalue weighted by atomic mass is 32.2. The predicted octanol–water partition coefficient (Wildman–Crippen LogP) is 1.72. The van der Waals surface area contributed by atoms with E-state index in [0.717, 1.165) is 30.1 Å². The fraction of sp³-hybridized carbons (Fsp3) is 0.375. The van der Waals surface area contributed by atoms with Crippen LogP contribution in [0.5, 0.6) is 0 Å². The predicted molar refractivity (Wildman–Crippen MR) is 86.6 cm³/mol. The Morgan fingerprint density at radius 1 is 1.04 bits per heavy atom. The quantitative estimate of drug-likeness (QED) is 0.828. The zero-order valence-corrected chi connectivity index (χ0v) is 14.2. The average Bonchev–Trinajstić information content (AvgIpc) is 2.53. The van der Waals surface area contributed by atoms with Crippen LogP contribution in [0.4, 0.5) is 14.6 Å². The standard InChI is InChI=1S/C16H16F2N4O2S/c1-10-2-16(20-9-19-10)21-7-13-6-14(8-21)22(13)25(23,24)15-4-11(17)3-12(18)5-15/h2-5,9,13-14H,6-8H2,1H3. The number of piperidine rings is 1. The molecule has 0 saturated carbocycles. The van der Waals surface area contributed by atoms with Crippen LogP contribution in [-0.2, 0) is 10.0 Å². The van der Waals surface area contributed by atoms with Gasteiger partial charge in [0.1, 0.15) is 23.8 Å². The average molecular weight is 366 g/mol. The number of hydrogen-bond acceptors (Lipinski definition) is 5. The van der Waals surface area contributed by atoms with Gasteiger partial charge in [0.2, 0.25) is 10.0 Å². The fourth-order valence-corrected chi connectivity index (χ4v) is 5.42. The first-order valence-electron chi connectivity index (χ1n) is 7.88. The van der Waals surface area contributed by atoms with Gasteiger partial charge in [0.05, 0.1) is 4.90 Å². The Morgan fingerprint density at radius 2 is 1.68 bits per heavy atom. The van der Waals surface area contributed by atoms with Gasteiger partial charge in [-0.3, -0.25) is 0 Å². The number of nitrogens with zero attached hydrogens (tertiary/aromatic N) is 4. The van der Waals surface area contributed by atoms with Crippen LogP contribution in [0.1, 0.15) is 12.1 Å². The van der Waals surface area contributed by atoms with Crippen LogP contribution in [0.15, 0.2) is 35.5 Å². The first-order valence-corrected chi connectivity index (χ1v) is 9.32. The summed E-state index contributed by atoms with van der Waals surface area (Å²) in [5.41, 5.74) is 0.837. The molecule has 5 rings (SSSR count). The van der Waals surface area contributed by atoms with Gasteiger partial charge in [0.25, 0.3) is 0 Å². The molecule has 2 unspecified atom stereocenters. The second-order valence-electron chi connectivity index (χ2n) is 6.41. The van der Waals surface area contributed by atoms with Crippen molar-refractivity contribution >= 4 is 15.8 Å². The van der Waals surface area contributed by atoms with Crippen molar-refractivity contribution in [2.75, 3.05) is 18.0 Å². The largest absolute Gasteiger partial charge is 0.353 e. The minimum atomic E-state index is -3.93. The molecule has 2 atom stereocenters. The lowest BCUT2D eigenvalue weighted by Gasteiger charge is -2.55. The van der Waals surface area contributed by atoms with E-state index in [4.69, 9.17) is 0 Å². The first kappa shape index (κ1) is 16.3. The summed E-state index contributed by atoms with van der Waals surface area (Å²) in [5.74, 6) is -1.04. The molecule has 2 bridgehead atoms. The molecular formula is C16H16F2N4O2S. The van der Waals surface area contributed by atoms with Gasteiger partial charge in [-0.2, -0.15) is 4.31 Å². The molecule has 3 fully saturated rings. The van der Waals surface area contributed by atoms with Crippen LogP contribution in [0.2, 0.25) is 0 Å². The molecule has 0 spiro atoms. The van der Waals surface area contributed by atoms with Gasteiger partial charge in [-0.15, -0.1) is 0 Å². The number of aryl methyl sites for hydroxylation is 1. The van der Waals surface area contributed by atoms with E-state index in [-0.39, 0.29) is 17.0 Å². The SMILES string of the molecule is Cc1cc(N2CC3CC(C2)N3S(=O)(=O)c2cc(F)cc(F)c2)ncn1. The molecule has 132 valence electrons. The molecule has 0 radical (unpaired) electrons. The summed E-state index contributed by atoms with van der Waals surface area (Å²) >= 11 is 0. The maximum atomic E-state index is 13.4. The van der Waals surface area contributed by atoms with Gasteiger partial charge in [-0.1, -0.05) is 0 Å². The van der Waals surface area contributed by atoms with Gasteiger partial charge in [0.15, 0.2) is 0 Å². The molecule has 3 aliphatic heterocycles. The molecule has 6 nitrogen and oxygen atoms in total. The molecule has 3 saturated heterocycles. The van der Waals surface area contributed by atoms with E-state index < -0.39 is 21.7 Å². The van der Waals surface area contributed by atoms with Crippen LogP contribution < -0.4 is 4.90 Å². The van der Waals surface area contributed by atoms with Crippen molar-refractivity contribution < 1.29 is 17.2 Å². The van der Waals surface area contributed by atoms with Gasteiger partial charge >= 0.3 is 0 Å². The molecule has 9 heteroatoms. The molecule has 3 aliphatic rings. The number of piperazine rings is 1. The molecule has 2 aromatic rings. The minimum Gasteiger partial charge on any atom is -0.353 e. The summed E-state index contributed by atoms with van der Waals surface area (Å²) in [5, 5.41) is 0. The Labute approximate surface area is 144 Å². The van der Waals surface area contributed by atoms with Gasteiger partial charge < -0.3 is 4.90 Å². The number of anilines is 1. The Bertz CT molecular complexity index is 905. The van der Waals surface area contributed by atoms with Crippen molar-refractivity contribution in [1.29, 1.82) is 0 Å². The molecule has 1 aromatic carbocycles.